The molecule has 4 nitrogen and oxygen atoms in total. The molecule has 0 spiro atoms. The topological polar surface area (TPSA) is 49.8 Å². The molecule has 0 unspecified atom stereocenters. The van der Waals surface area contributed by atoms with E-state index in [1.54, 1.807) is 12.1 Å². The fourth-order valence-corrected chi connectivity index (χ4v) is 1.81. The van der Waals surface area contributed by atoms with Crippen molar-refractivity contribution in [3.05, 3.63) is 29.8 Å². The maximum absolute atomic E-state index is 12.4. The fraction of sp³-hybridized carbons (Fsp3) is 0.500. The standard InChI is InChI=1S/C14H18F3NO3/c1-2-21-12-5-3-11(4-6-12)13(20)9-18(7-8-19)10-14(15,16)17/h3-6,19H,2,7-10H2,1H3. The Morgan fingerprint density at radius 3 is 2.38 bits per heavy atom. The molecule has 0 saturated carbocycles. The summed E-state index contributed by atoms with van der Waals surface area (Å²) in [7, 11) is 0. The van der Waals surface area contributed by atoms with Crippen LogP contribution >= 0.6 is 0 Å². The molecule has 0 heterocycles. The van der Waals surface area contributed by atoms with Gasteiger partial charge < -0.3 is 9.84 Å². The van der Waals surface area contributed by atoms with Crippen molar-refractivity contribution >= 4 is 5.78 Å². The van der Waals surface area contributed by atoms with Gasteiger partial charge in [0.15, 0.2) is 5.78 Å². The Bertz CT molecular complexity index is 446. The molecule has 1 aromatic rings. The number of hydrogen-bond acceptors (Lipinski definition) is 4. The molecule has 1 aromatic carbocycles. The van der Waals surface area contributed by atoms with Crippen LogP contribution in [0, 0.1) is 0 Å². The van der Waals surface area contributed by atoms with Crippen LogP contribution in [0.15, 0.2) is 24.3 Å². The van der Waals surface area contributed by atoms with Crippen LogP contribution in [0.1, 0.15) is 17.3 Å². The van der Waals surface area contributed by atoms with E-state index in [4.69, 9.17) is 9.84 Å². The van der Waals surface area contributed by atoms with Gasteiger partial charge in [-0.15, -0.1) is 0 Å². The lowest BCUT2D eigenvalue weighted by molar-refractivity contribution is -0.145. The summed E-state index contributed by atoms with van der Waals surface area (Å²) in [5.41, 5.74) is 0.309. The number of alkyl halides is 3. The predicted molar refractivity (Wildman–Crippen MR) is 71.5 cm³/mol. The average molecular weight is 305 g/mol. The van der Waals surface area contributed by atoms with E-state index in [9.17, 15) is 18.0 Å². The Hall–Kier alpha value is -1.60. The minimum atomic E-state index is -4.41. The normalized spacial score (nSPS) is 11.7. The summed E-state index contributed by atoms with van der Waals surface area (Å²) in [5, 5.41) is 8.78. The van der Waals surface area contributed by atoms with Crippen molar-refractivity contribution < 1.29 is 27.8 Å². The number of aliphatic hydroxyl groups is 1. The summed E-state index contributed by atoms with van der Waals surface area (Å²) in [5.74, 6) is 0.160. The number of ketones is 1. The second-order valence-electron chi connectivity index (χ2n) is 4.43. The van der Waals surface area contributed by atoms with Gasteiger partial charge in [-0.1, -0.05) is 0 Å². The number of halogens is 3. The van der Waals surface area contributed by atoms with E-state index in [0.29, 0.717) is 17.9 Å². The summed E-state index contributed by atoms with van der Waals surface area (Å²) >= 11 is 0. The van der Waals surface area contributed by atoms with E-state index in [2.05, 4.69) is 0 Å². The van der Waals surface area contributed by atoms with Crippen molar-refractivity contribution in [1.29, 1.82) is 0 Å². The second kappa shape index (κ2) is 7.99. The van der Waals surface area contributed by atoms with Crippen LogP contribution in [-0.2, 0) is 0 Å². The quantitative estimate of drug-likeness (QED) is 0.748. The molecule has 7 heteroatoms. The molecule has 1 N–H and O–H groups in total. The number of hydrogen-bond donors (Lipinski definition) is 1. The highest BCUT2D eigenvalue weighted by Crippen LogP contribution is 2.17. The smallest absolute Gasteiger partial charge is 0.401 e. The van der Waals surface area contributed by atoms with Gasteiger partial charge >= 0.3 is 6.18 Å². The Balaban J connectivity index is 2.67. The number of Topliss-reactive ketones (excluding diaryl/α,β-unsaturated/α-hetero) is 1. The van der Waals surface area contributed by atoms with E-state index in [1.165, 1.54) is 12.1 Å². The first-order chi connectivity index (χ1) is 9.85. The maximum Gasteiger partial charge on any atom is 0.401 e. The van der Waals surface area contributed by atoms with Crippen LogP contribution < -0.4 is 4.74 Å². The lowest BCUT2D eigenvalue weighted by Crippen LogP contribution is -2.39. The van der Waals surface area contributed by atoms with Gasteiger partial charge in [0.05, 0.1) is 26.3 Å². The molecule has 0 aromatic heterocycles. The summed E-state index contributed by atoms with van der Waals surface area (Å²) in [4.78, 5) is 12.8. The molecular weight excluding hydrogens is 287 g/mol. The van der Waals surface area contributed by atoms with Crippen molar-refractivity contribution in [2.75, 3.05) is 32.8 Å². The summed E-state index contributed by atoms with van der Waals surface area (Å²) in [6, 6.07) is 6.21. The zero-order chi connectivity index (χ0) is 15.9. The van der Waals surface area contributed by atoms with Crippen LogP contribution in [0.3, 0.4) is 0 Å². The average Bonchev–Trinajstić information content (AvgIpc) is 2.38. The maximum atomic E-state index is 12.4. The minimum absolute atomic E-state index is 0.206. The zero-order valence-electron chi connectivity index (χ0n) is 11.7. The van der Waals surface area contributed by atoms with Gasteiger partial charge in [0.25, 0.3) is 0 Å². The summed E-state index contributed by atoms with van der Waals surface area (Å²) in [6.45, 7) is 0.0470. The first kappa shape index (κ1) is 17.5. The third-order valence-electron chi connectivity index (χ3n) is 2.67. The highest BCUT2D eigenvalue weighted by atomic mass is 19.4. The van der Waals surface area contributed by atoms with E-state index >= 15 is 0 Å². The highest BCUT2D eigenvalue weighted by molar-refractivity contribution is 5.97. The predicted octanol–water partition coefficient (Wildman–Crippen LogP) is 2.12. The first-order valence-corrected chi connectivity index (χ1v) is 6.51. The molecule has 0 aliphatic heterocycles. The SMILES string of the molecule is CCOc1ccc(C(=O)CN(CCO)CC(F)(F)F)cc1. The van der Waals surface area contributed by atoms with Crippen LogP contribution in [-0.4, -0.2) is 54.8 Å². The fourth-order valence-electron chi connectivity index (χ4n) is 1.81. The van der Waals surface area contributed by atoms with Gasteiger partial charge in [-0.3, -0.25) is 9.69 Å². The molecule has 21 heavy (non-hydrogen) atoms. The Morgan fingerprint density at radius 1 is 1.29 bits per heavy atom. The molecule has 1 rings (SSSR count). The number of rotatable bonds is 8. The molecule has 0 atom stereocenters. The Morgan fingerprint density at radius 2 is 1.90 bits per heavy atom. The molecule has 118 valence electrons. The monoisotopic (exact) mass is 305 g/mol. The number of ether oxygens (including phenoxy) is 1. The number of nitrogens with zero attached hydrogens (tertiary/aromatic N) is 1. The third kappa shape index (κ3) is 6.59. The van der Waals surface area contributed by atoms with Gasteiger partial charge in [0, 0.05) is 12.1 Å². The molecule has 0 bridgehead atoms. The summed E-state index contributed by atoms with van der Waals surface area (Å²) < 4.78 is 42.3. The van der Waals surface area contributed by atoms with Crippen LogP contribution in [0.5, 0.6) is 5.75 Å². The van der Waals surface area contributed by atoms with Gasteiger partial charge in [0.2, 0.25) is 0 Å². The summed E-state index contributed by atoms with van der Waals surface area (Å²) in [6.07, 6.45) is -4.41. The van der Waals surface area contributed by atoms with Crippen molar-refractivity contribution in [2.45, 2.75) is 13.1 Å². The number of benzene rings is 1. The number of aliphatic hydroxyl groups excluding tert-OH is 1. The number of carbonyl (C=O) groups is 1. The van der Waals surface area contributed by atoms with Crippen LogP contribution in [0.4, 0.5) is 13.2 Å². The molecule has 0 aliphatic carbocycles. The lowest BCUT2D eigenvalue weighted by Gasteiger charge is -2.21. The van der Waals surface area contributed by atoms with E-state index in [-0.39, 0.29) is 6.54 Å². The van der Waals surface area contributed by atoms with Gasteiger partial charge in [-0.05, 0) is 31.2 Å². The van der Waals surface area contributed by atoms with E-state index in [0.717, 1.165) is 4.90 Å². The van der Waals surface area contributed by atoms with Crippen LogP contribution in [0.2, 0.25) is 0 Å². The molecule has 0 saturated heterocycles. The van der Waals surface area contributed by atoms with Crippen molar-refractivity contribution in [3.8, 4) is 5.75 Å². The van der Waals surface area contributed by atoms with Crippen molar-refractivity contribution in [2.24, 2.45) is 0 Å². The largest absolute Gasteiger partial charge is 0.494 e. The van der Waals surface area contributed by atoms with E-state index in [1.807, 2.05) is 6.92 Å². The zero-order valence-corrected chi connectivity index (χ0v) is 11.7. The van der Waals surface area contributed by atoms with Crippen molar-refractivity contribution in [3.63, 3.8) is 0 Å². The second-order valence-corrected chi connectivity index (χ2v) is 4.43. The highest BCUT2D eigenvalue weighted by Gasteiger charge is 2.31. The molecule has 0 fully saturated rings. The van der Waals surface area contributed by atoms with Gasteiger partial charge in [-0.25, -0.2) is 0 Å². The third-order valence-corrected chi connectivity index (χ3v) is 2.67. The first-order valence-electron chi connectivity index (χ1n) is 6.51. The number of carbonyl (C=O) groups excluding carboxylic acids is 1. The van der Waals surface area contributed by atoms with Gasteiger partial charge in [-0.2, -0.15) is 13.2 Å². The van der Waals surface area contributed by atoms with Crippen LogP contribution in [0.25, 0.3) is 0 Å². The minimum Gasteiger partial charge on any atom is -0.494 e. The Labute approximate surface area is 121 Å². The lowest BCUT2D eigenvalue weighted by atomic mass is 10.1. The van der Waals surface area contributed by atoms with E-state index < -0.39 is 31.7 Å². The molecule has 0 aliphatic rings. The van der Waals surface area contributed by atoms with Crippen molar-refractivity contribution in [1.82, 2.24) is 4.90 Å². The van der Waals surface area contributed by atoms with Gasteiger partial charge in [0.1, 0.15) is 5.75 Å². The molecule has 0 amide bonds. The molecular formula is C14H18F3NO3. The Kier molecular flexibility index (Phi) is 6.64. The molecule has 0 radical (unpaired) electrons.